The minimum atomic E-state index is 0.507. The minimum Gasteiger partial charge on any atom is -0.310 e. The molecule has 0 radical (unpaired) electrons. The largest absolute Gasteiger partial charge is 0.310 e. The molecule has 0 aliphatic rings. The predicted octanol–water partition coefficient (Wildman–Crippen LogP) is 3.19. The van der Waals surface area contributed by atoms with Crippen LogP contribution in [-0.2, 0) is 13.1 Å². The molecule has 3 nitrogen and oxygen atoms in total. The molecular formula is C14H18BrN3. The van der Waals surface area contributed by atoms with E-state index < -0.39 is 0 Å². The quantitative estimate of drug-likeness (QED) is 0.919. The number of benzene rings is 1. The maximum atomic E-state index is 4.22. The zero-order chi connectivity index (χ0) is 13.0. The van der Waals surface area contributed by atoms with Crippen LogP contribution < -0.4 is 5.32 Å². The third-order valence-corrected chi connectivity index (χ3v) is 3.46. The number of rotatable bonds is 5. The van der Waals surface area contributed by atoms with Crippen LogP contribution in [0.4, 0.5) is 0 Å². The zero-order valence-electron chi connectivity index (χ0n) is 10.7. The Balaban J connectivity index is 2.05. The lowest BCUT2D eigenvalue weighted by atomic mass is 10.1. The van der Waals surface area contributed by atoms with Gasteiger partial charge in [0.15, 0.2) is 0 Å². The summed E-state index contributed by atoms with van der Waals surface area (Å²) in [5.74, 6) is 0. The van der Waals surface area contributed by atoms with Crippen LogP contribution >= 0.6 is 15.9 Å². The molecule has 0 unspecified atom stereocenters. The highest BCUT2D eigenvalue weighted by molar-refractivity contribution is 9.10. The van der Waals surface area contributed by atoms with Crippen molar-refractivity contribution < 1.29 is 0 Å². The monoisotopic (exact) mass is 307 g/mol. The van der Waals surface area contributed by atoms with E-state index in [4.69, 9.17) is 0 Å². The molecule has 0 amide bonds. The maximum absolute atomic E-state index is 4.22. The summed E-state index contributed by atoms with van der Waals surface area (Å²) < 4.78 is 3.06. The van der Waals surface area contributed by atoms with E-state index in [0.29, 0.717) is 6.04 Å². The molecule has 2 rings (SSSR count). The Kier molecular flexibility index (Phi) is 4.55. The van der Waals surface area contributed by atoms with E-state index in [1.165, 1.54) is 11.1 Å². The molecular weight excluding hydrogens is 290 g/mol. The van der Waals surface area contributed by atoms with Gasteiger partial charge < -0.3 is 5.32 Å². The molecule has 0 spiro atoms. The Labute approximate surface area is 116 Å². The maximum Gasteiger partial charge on any atom is 0.0670 e. The lowest BCUT2D eigenvalue weighted by Gasteiger charge is -2.10. The summed E-state index contributed by atoms with van der Waals surface area (Å²) in [4.78, 5) is 0. The second-order valence-corrected chi connectivity index (χ2v) is 5.52. The normalized spacial score (nSPS) is 11.1. The molecule has 18 heavy (non-hydrogen) atoms. The molecule has 1 heterocycles. The summed E-state index contributed by atoms with van der Waals surface area (Å²) in [6.07, 6.45) is 3.77. The van der Waals surface area contributed by atoms with Gasteiger partial charge in [0.05, 0.1) is 6.54 Å². The second-order valence-electron chi connectivity index (χ2n) is 4.67. The van der Waals surface area contributed by atoms with Crippen molar-refractivity contribution in [3.05, 3.63) is 52.3 Å². The van der Waals surface area contributed by atoms with Crippen molar-refractivity contribution in [3.63, 3.8) is 0 Å². The summed E-state index contributed by atoms with van der Waals surface area (Å²) >= 11 is 3.63. The fraction of sp³-hybridized carbons (Fsp3) is 0.357. The van der Waals surface area contributed by atoms with Crippen LogP contribution in [-0.4, -0.2) is 15.8 Å². The average Bonchev–Trinajstić information content (AvgIpc) is 2.82. The number of halogens is 1. The molecule has 1 aromatic carbocycles. The highest BCUT2D eigenvalue weighted by atomic mass is 79.9. The number of nitrogens with zero attached hydrogens (tertiary/aromatic N) is 2. The summed E-state index contributed by atoms with van der Waals surface area (Å²) in [7, 11) is 0. The van der Waals surface area contributed by atoms with Crippen molar-refractivity contribution in [1.29, 1.82) is 0 Å². The van der Waals surface area contributed by atoms with E-state index in [2.05, 4.69) is 58.4 Å². The first-order valence-corrected chi connectivity index (χ1v) is 6.92. The fourth-order valence-corrected chi connectivity index (χ4v) is 2.27. The lowest BCUT2D eigenvalue weighted by Crippen LogP contribution is -2.21. The SMILES string of the molecule is CC(C)NCc1ccc(Cn2cccn2)c(Br)c1. The smallest absolute Gasteiger partial charge is 0.0670 e. The first-order chi connectivity index (χ1) is 8.65. The molecule has 0 bridgehead atoms. The number of hydrogen-bond acceptors (Lipinski definition) is 2. The number of nitrogens with one attached hydrogen (secondary N) is 1. The summed E-state index contributed by atoms with van der Waals surface area (Å²) in [6, 6.07) is 8.94. The van der Waals surface area contributed by atoms with Crippen LogP contribution in [0.5, 0.6) is 0 Å². The van der Waals surface area contributed by atoms with E-state index in [1.54, 1.807) is 6.20 Å². The van der Waals surface area contributed by atoms with E-state index >= 15 is 0 Å². The Morgan fingerprint density at radius 3 is 2.83 bits per heavy atom. The van der Waals surface area contributed by atoms with E-state index in [9.17, 15) is 0 Å². The van der Waals surface area contributed by atoms with Crippen LogP contribution in [0, 0.1) is 0 Å². The molecule has 1 aromatic heterocycles. The third kappa shape index (κ3) is 3.68. The standard InChI is InChI=1S/C14H18BrN3/c1-11(2)16-9-12-4-5-13(14(15)8-12)10-18-7-3-6-17-18/h3-8,11,16H,9-10H2,1-2H3. The lowest BCUT2D eigenvalue weighted by molar-refractivity contribution is 0.588. The molecule has 0 fully saturated rings. The minimum absolute atomic E-state index is 0.507. The van der Waals surface area contributed by atoms with E-state index in [0.717, 1.165) is 17.6 Å². The highest BCUT2D eigenvalue weighted by Gasteiger charge is 2.03. The first kappa shape index (κ1) is 13.3. The van der Waals surface area contributed by atoms with Crippen molar-refractivity contribution in [1.82, 2.24) is 15.1 Å². The number of hydrogen-bond donors (Lipinski definition) is 1. The van der Waals surface area contributed by atoms with Gasteiger partial charge in [-0.1, -0.05) is 41.9 Å². The summed E-state index contributed by atoms with van der Waals surface area (Å²) in [6.45, 7) is 6.01. The summed E-state index contributed by atoms with van der Waals surface area (Å²) in [5, 5.41) is 7.63. The highest BCUT2D eigenvalue weighted by Crippen LogP contribution is 2.19. The van der Waals surface area contributed by atoms with Gasteiger partial charge in [0.25, 0.3) is 0 Å². The molecule has 2 aromatic rings. The average molecular weight is 308 g/mol. The van der Waals surface area contributed by atoms with Gasteiger partial charge in [-0.25, -0.2) is 0 Å². The van der Waals surface area contributed by atoms with E-state index in [1.807, 2.05) is 16.9 Å². The summed E-state index contributed by atoms with van der Waals surface area (Å²) in [5.41, 5.74) is 2.53. The van der Waals surface area contributed by atoms with Gasteiger partial charge in [-0.2, -0.15) is 5.10 Å². The molecule has 1 N–H and O–H groups in total. The van der Waals surface area contributed by atoms with Crippen molar-refractivity contribution in [3.8, 4) is 0 Å². The van der Waals surface area contributed by atoms with Crippen LogP contribution in [0.3, 0.4) is 0 Å². The van der Waals surface area contributed by atoms with Gasteiger partial charge >= 0.3 is 0 Å². The van der Waals surface area contributed by atoms with Crippen LogP contribution in [0.1, 0.15) is 25.0 Å². The van der Waals surface area contributed by atoms with Gasteiger partial charge in [-0.15, -0.1) is 0 Å². The second kappa shape index (κ2) is 6.16. The molecule has 0 aliphatic carbocycles. The van der Waals surface area contributed by atoms with Gasteiger partial charge in [0.2, 0.25) is 0 Å². The van der Waals surface area contributed by atoms with Gasteiger partial charge in [-0.3, -0.25) is 4.68 Å². The molecule has 0 saturated heterocycles. The molecule has 0 atom stereocenters. The van der Waals surface area contributed by atoms with Crippen LogP contribution in [0.15, 0.2) is 41.1 Å². The number of aromatic nitrogens is 2. The van der Waals surface area contributed by atoms with E-state index in [-0.39, 0.29) is 0 Å². The first-order valence-electron chi connectivity index (χ1n) is 6.13. The van der Waals surface area contributed by atoms with Crippen molar-refractivity contribution in [2.45, 2.75) is 33.0 Å². The Morgan fingerprint density at radius 1 is 1.39 bits per heavy atom. The van der Waals surface area contributed by atoms with Crippen molar-refractivity contribution in [2.24, 2.45) is 0 Å². The topological polar surface area (TPSA) is 29.9 Å². The van der Waals surface area contributed by atoms with Crippen LogP contribution in [0.2, 0.25) is 0 Å². The molecule has 4 heteroatoms. The Hall–Kier alpha value is -1.13. The Morgan fingerprint density at radius 2 is 2.22 bits per heavy atom. The van der Waals surface area contributed by atoms with Gasteiger partial charge in [0.1, 0.15) is 0 Å². The zero-order valence-corrected chi connectivity index (χ0v) is 12.3. The van der Waals surface area contributed by atoms with Crippen molar-refractivity contribution in [2.75, 3.05) is 0 Å². The third-order valence-electron chi connectivity index (χ3n) is 2.72. The predicted molar refractivity (Wildman–Crippen MR) is 77.4 cm³/mol. The fourth-order valence-electron chi connectivity index (χ4n) is 1.72. The van der Waals surface area contributed by atoms with Crippen LogP contribution in [0.25, 0.3) is 0 Å². The van der Waals surface area contributed by atoms with Gasteiger partial charge in [-0.05, 0) is 23.3 Å². The Bertz CT molecular complexity index is 492. The molecule has 0 saturated carbocycles. The molecule has 0 aliphatic heterocycles. The molecule has 96 valence electrons. The van der Waals surface area contributed by atoms with Gasteiger partial charge in [0, 0.05) is 29.5 Å². The van der Waals surface area contributed by atoms with Crippen molar-refractivity contribution >= 4 is 15.9 Å².